The summed E-state index contributed by atoms with van der Waals surface area (Å²) in [6.07, 6.45) is 8.43. The van der Waals surface area contributed by atoms with Crippen LogP contribution in [0.25, 0.3) is 0 Å². The van der Waals surface area contributed by atoms with E-state index in [1.165, 1.54) is 47.9 Å². The van der Waals surface area contributed by atoms with Gasteiger partial charge in [0.2, 0.25) is 11.8 Å². The lowest BCUT2D eigenvalue weighted by Gasteiger charge is -2.32. The molecule has 1 aliphatic carbocycles. The van der Waals surface area contributed by atoms with E-state index in [1.807, 2.05) is 0 Å². The average Bonchev–Trinajstić information content (AvgIpc) is 3.18. The van der Waals surface area contributed by atoms with E-state index in [0.717, 1.165) is 32.4 Å². The SMILES string of the molecule is Cc1cc(C)c(CCNC(=O)CN2CCC(NC(=O)CC3CCCC3)CC2)c(C)c1. The Morgan fingerprint density at radius 3 is 2.23 bits per heavy atom. The molecule has 2 aliphatic rings. The van der Waals surface area contributed by atoms with E-state index in [9.17, 15) is 9.59 Å². The molecule has 1 aromatic carbocycles. The molecule has 2 N–H and O–H groups in total. The highest BCUT2D eigenvalue weighted by atomic mass is 16.2. The van der Waals surface area contributed by atoms with Gasteiger partial charge in [-0.2, -0.15) is 0 Å². The zero-order valence-corrected chi connectivity index (χ0v) is 19.1. The first-order valence-electron chi connectivity index (χ1n) is 11.8. The molecule has 3 rings (SSSR count). The molecule has 2 fully saturated rings. The van der Waals surface area contributed by atoms with Crippen LogP contribution in [0.5, 0.6) is 0 Å². The van der Waals surface area contributed by atoms with E-state index >= 15 is 0 Å². The second-order valence-electron chi connectivity index (χ2n) is 9.45. The number of amides is 2. The van der Waals surface area contributed by atoms with Gasteiger partial charge >= 0.3 is 0 Å². The van der Waals surface area contributed by atoms with Crippen molar-refractivity contribution in [2.24, 2.45) is 5.92 Å². The Hall–Kier alpha value is -1.88. The number of piperidine rings is 1. The fourth-order valence-electron chi connectivity index (χ4n) is 5.19. The second kappa shape index (κ2) is 10.9. The predicted molar refractivity (Wildman–Crippen MR) is 122 cm³/mol. The largest absolute Gasteiger partial charge is 0.355 e. The highest BCUT2D eigenvalue weighted by Crippen LogP contribution is 2.27. The zero-order chi connectivity index (χ0) is 21.5. The lowest BCUT2D eigenvalue weighted by Crippen LogP contribution is -2.47. The minimum atomic E-state index is 0.0983. The average molecular weight is 414 g/mol. The normalized spacial score (nSPS) is 18.5. The van der Waals surface area contributed by atoms with Crippen LogP contribution in [0, 0.1) is 26.7 Å². The van der Waals surface area contributed by atoms with Crippen molar-refractivity contribution in [3.05, 3.63) is 34.4 Å². The van der Waals surface area contributed by atoms with Gasteiger partial charge in [-0.25, -0.2) is 0 Å². The van der Waals surface area contributed by atoms with Gasteiger partial charge in [0.1, 0.15) is 0 Å². The Morgan fingerprint density at radius 2 is 1.60 bits per heavy atom. The summed E-state index contributed by atoms with van der Waals surface area (Å²) >= 11 is 0. The summed E-state index contributed by atoms with van der Waals surface area (Å²) in [7, 11) is 0. The van der Waals surface area contributed by atoms with Crippen LogP contribution in [-0.2, 0) is 16.0 Å². The van der Waals surface area contributed by atoms with Crippen LogP contribution >= 0.6 is 0 Å². The summed E-state index contributed by atoms with van der Waals surface area (Å²) in [5.41, 5.74) is 5.24. The lowest BCUT2D eigenvalue weighted by atomic mass is 9.97. The van der Waals surface area contributed by atoms with Crippen molar-refractivity contribution >= 4 is 11.8 Å². The third kappa shape index (κ3) is 6.83. The number of nitrogens with one attached hydrogen (secondary N) is 2. The maximum Gasteiger partial charge on any atom is 0.234 e. The number of benzene rings is 1. The van der Waals surface area contributed by atoms with Crippen LogP contribution in [0.3, 0.4) is 0 Å². The van der Waals surface area contributed by atoms with Crippen LogP contribution < -0.4 is 10.6 Å². The van der Waals surface area contributed by atoms with Crippen LogP contribution in [0.15, 0.2) is 12.1 Å². The number of likely N-dealkylation sites (tertiary alicyclic amines) is 1. The highest BCUT2D eigenvalue weighted by molar-refractivity contribution is 5.78. The molecule has 1 heterocycles. The molecule has 0 atom stereocenters. The Morgan fingerprint density at radius 1 is 0.967 bits per heavy atom. The first kappa shape index (κ1) is 22.8. The number of carbonyl (C=O) groups excluding carboxylic acids is 2. The van der Waals surface area contributed by atoms with Gasteiger partial charge in [0.25, 0.3) is 0 Å². The minimum Gasteiger partial charge on any atom is -0.355 e. The summed E-state index contributed by atoms with van der Waals surface area (Å²) in [6.45, 7) is 9.29. The molecule has 0 unspecified atom stereocenters. The van der Waals surface area contributed by atoms with Gasteiger partial charge in [0, 0.05) is 32.1 Å². The molecule has 0 aromatic heterocycles. The molecule has 0 radical (unpaired) electrons. The van der Waals surface area contributed by atoms with E-state index in [4.69, 9.17) is 0 Å². The van der Waals surface area contributed by atoms with E-state index in [0.29, 0.717) is 25.4 Å². The number of nitrogens with zero attached hydrogens (tertiary/aromatic N) is 1. The number of rotatable bonds is 8. The molecule has 5 heteroatoms. The van der Waals surface area contributed by atoms with Crippen LogP contribution in [0.1, 0.15) is 67.2 Å². The van der Waals surface area contributed by atoms with Crippen molar-refractivity contribution in [2.45, 2.75) is 78.2 Å². The van der Waals surface area contributed by atoms with E-state index in [2.05, 4.69) is 48.4 Å². The molecule has 2 amide bonds. The van der Waals surface area contributed by atoms with Gasteiger partial charge in [-0.3, -0.25) is 14.5 Å². The van der Waals surface area contributed by atoms with Crippen molar-refractivity contribution in [3.63, 3.8) is 0 Å². The van der Waals surface area contributed by atoms with Gasteiger partial charge in [-0.05, 0) is 75.5 Å². The molecule has 1 aromatic rings. The van der Waals surface area contributed by atoms with Crippen molar-refractivity contribution in [2.75, 3.05) is 26.2 Å². The summed E-state index contributed by atoms with van der Waals surface area (Å²) in [5.74, 6) is 0.919. The molecule has 5 nitrogen and oxygen atoms in total. The van der Waals surface area contributed by atoms with Crippen molar-refractivity contribution < 1.29 is 9.59 Å². The molecule has 166 valence electrons. The second-order valence-corrected chi connectivity index (χ2v) is 9.45. The zero-order valence-electron chi connectivity index (χ0n) is 19.1. The standard InChI is InChI=1S/C25H39N3O2/c1-18-14-19(2)23(20(3)15-18)8-11-26-25(30)17-28-12-9-22(10-13-28)27-24(29)16-21-6-4-5-7-21/h14-15,21-22H,4-13,16-17H2,1-3H3,(H,26,30)(H,27,29). The monoisotopic (exact) mass is 413 g/mol. The summed E-state index contributed by atoms with van der Waals surface area (Å²) < 4.78 is 0. The Kier molecular flexibility index (Phi) is 8.32. The maximum atomic E-state index is 12.4. The quantitative estimate of drug-likeness (QED) is 0.686. The molecule has 0 bridgehead atoms. The molecule has 30 heavy (non-hydrogen) atoms. The van der Waals surface area contributed by atoms with Gasteiger partial charge < -0.3 is 10.6 Å². The molecule has 0 spiro atoms. The highest BCUT2D eigenvalue weighted by Gasteiger charge is 2.24. The lowest BCUT2D eigenvalue weighted by molar-refractivity contribution is -0.124. The predicted octanol–water partition coefficient (Wildman–Crippen LogP) is 3.43. The molecule has 1 saturated heterocycles. The van der Waals surface area contributed by atoms with Crippen molar-refractivity contribution in [3.8, 4) is 0 Å². The summed E-state index contributed by atoms with van der Waals surface area (Å²) in [5, 5.41) is 6.30. The first-order valence-corrected chi connectivity index (χ1v) is 11.8. The number of aryl methyl sites for hydroxylation is 3. The third-order valence-corrected chi connectivity index (χ3v) is 6.81. The Balaban J connectivity index is 1.32. The van der Waals surface area contributed by atoms with Gasteiger partial charge in [-0.15, -0.1) is 0 Å². The van der Waals surface area contributed by atoms with Crippen molar-refractivity contribution in [1.82, 2.24) is 15.5 Å². The van der Waals surface area contributed by atoms with Gasteiger partial charge in [0.05, 0.1) is 6.54 Å². The van der Waals surface area contributed by atoms with E-state index in [1.54, 1.807) is 0 Å². The topological polar surface area (TPSA) is 61.4 Å². The van der Waals surface area contributed by atoms with E-state index in [-0.39, 0.29) is 17.9 Å². The van der Waals surface area contributed by atoms with Crippen LogP contribution in [0.4, 0.5) is 0 Å². The van der Waals surface area contributed by atoms with Crippen LogP contribution in [-0.4, -0.2) is 48.9 Å². The minimum absolute atomic E-state index is 0.0983. The molecule has 1 aliphatic heterocycles. The van der Waals surface area contributed by atoms with Gasteiger partial charge in [0.15, 0.2) is 0 Å². The van der Waals surface area contributed by atoms with E-state index < -0.39 is 0 Å². The maximum absolute atomic E-state index is 12.4. The molecular formula is C25H39N3O2. The molecule has 1 saturated carbocycles. The van der Waals surface area contributed by atoms with Gasteiger partial charge in [-0.1, -0.05) is 30.5 Å². The fourth-order valence-corrected chi connectivity index (χ4v) is 5.19. The number of carbonyl (C=O) groups is 2. The number of hydrogen-bond acceptors (Lipinski definition) is 3. The third-order valence-electron chi connectivity index (χ3n) is 6.81. The number of hydrogen-bond donors (Lipinski definition) is 2. The Bertz CT molecular complexity index is 709. The molecular weight excluding hydrogens is 374 g/mol. The summed E-state index contributed by atoms with van der Waals surface area (Å²) in [4.78, 5) is 26.8. The summed E-state index contributed by atoms with van der Waals surface area (Å²) in [6, 6.07) is 4.69. The first-order chi connectivity index (χ1) is 14.4. The van der Waals surface area contributed by atoms with Crippen LogP contribution in [0.2, 0.25) is 0 Å². The fraction of sp³-hybridized carbons (Fsp3) is 0.680. The Labute approximate surface area is 182 Å². The van der Waals surface area contributed by atoms with Crippen molar-refractivity contribution in [1.29, 1.82) is 0 Å². The smallest absolute Gasteiger partial charge is 0.234 e.